The van der Waals surface area contributed by atoms with Gasteiger partial charge < -0.3 is 20.6 Å². The molecule has 0 spiro atoms. The highest BCUT2D eigenvalue weighted by molar-refractivity contribution is 5.80. The van der Waals surface area contributed by atoms with Gasteiger partial charge in [0.2, 0.25) is 5.91 Å². The predicted octanol–water partition coefficient (Wildman–Crippen LogP) is -1.91. The molecular weight excluding hydrogens is 186 g/mol. The van der Waals surface area contributed by atoms with Crippen LogP contribution in [0.1, 0.15) is 0 Å². The Labute approximate surface area is 82.3 Å². The number of carboxylic acids is 1. The molecule has 0 aromatic heterocycles. The van der Waals surface area contributed by atoms with Crippen LogP contribution in [-0.4, -0.2) is 61.2 Å². The highest BCUT2D eigenvalue weighted by atomic mass is 16.4. The maximum atomic E-state index is 11.4. The molecule has 1 amide bonds. The lowest BCUT2D eigenvalue weighted by atomic mass is 10.2. The Hall–Kier alpha value is -1.14. The second-order valence-electron chi connectivity index (χ2n) is 3.22. The highest BCUT2D eigenvalue weighted by Crippen LogP contribution is 1.99. The molecule has 0 radical (unpaired) electrons. The van der Waals surface area contributed by atoms with Crippen LogP contribution in [-0.2, 0) is 9.59 Å². The van der Waals surface area contributed by atoms with E-state index < -0.39 is 12.0 Å². The summed E-state index contributed by atoms with van der Waals surface area (Å²) < 4.78 is 0. The minimum absolute atomic E-state index is 0.0553. The van der Waals surface area contributed by atoms with Gasteiger partial charge in [0.25, 0.3) is 0 Å². The molecule has 6 heteroatoms. The quantitative estimate of drug-likeness (QED) is 0.496. The molecular formula is C8H15N3O3. The van der Waals surface area contributed by atoms with Crippen LogP contribution in [0, 0.1) is 0 Å². The van der Waals surface area contributed by atoms with Crippen molar-refractivity contribution in [1.29, 1.82) is 0 Å². The highest BCUT2D eigenvalue weighted by Gasteiger charge is 2.26. The number of aliphatic carboxylic acids is 1. The van der Waals surface area contributed by atoms with Gasteiger partial charge >= 0.3 is 5.97 Å². The van der Waals surface area contributed by atoms with E-state index in [1.807, 2.05) is 0 Å². The fraction of sp³-hybridized carbons (Fsp3) is 0.750. The van der Waals surface area contributed by atoms with Crippen LogP contribution in [0.3, 0.4) is 0 Å². The summed E-state index contributed by atoms with van der Waals surface area (Å²) >= 11 is 0. The Bertz CT molecular complexity index is 232. The van der Waals surface area contributed by atoms with Crippen LogP contribution in [0.4, 0.5) is 0 Å². The zero-order valence-corrected chi connectivity index (χ0v) is 8.12. The molecule has 1 atom stereocenters. The van der Waals surface area contributed by atoms with Gasteiger partial charge in [-0.25, -0.2) is 0 Å². The van der Waals surface area contributed by atoms with Gasteiger partial charge in [-0.1, -0.05) is 0 Å². The van der Waals surface area contributed by atoms with E-state index in [1.54, 1.807) is 11.9 Å². The first-order valence-corrected chi connectivity index (χ1v) is 4.53. The monoisotopic (exact) mass is 201 g/mol. The molecule has 1 rings (SSSR count). The Kier molecular flexibility index (Phi) is 3.84. The van der Waals surface area contributed by atoms with E-state index in [0.29, 0.717) is 13.1 Å². The number of carbonyl (C=O) groups excluding carboxylic acids is 1. The molecule has 1 aliphatic heterocycles. The summed E-state index contributed by atoms with van der Waals surface area (Å²) in [5.74, 6) is -0.966. The number of nitrogens with zero attached hydrogens (tertiary/aromatic N) is 1. The minimum atomic E-state index is -0.910. The number of hydrogen-bond donors (Lipinski definition) is 3. The zero-order valence-electron chi connectivity index (χ0n) is 8.12. The van der Waals surface area contributed by atoms with Crippen molar-refractivity contribution in [3.05, 3.63) is 0 Å². The Balaban J connectivity index is 2.47. The maximum Gasteiger partial charge on any atom is 0.322 e. The fourth-order valence-corrected chi connectivity index (χ4v) is 1.40. The lowest BCUT2D eigenvalue weighted by molar-refractivity contribution is -0.142. The molecule has 6 nitrogen and oxygen atoms in total. The molecule has 0 saturated carbocycles. The van der Waals surface area contributed by atoms with Crippen molar-refractivity contribution in [2.45, 2.75) is 6.04 Å². The summed E-state index contributed by atoms with van der Waals surface area (Å²) in [6.45, 7) is 1.61. The summed E-state index contributed by atoms with van der Waals surface area (Å²) in [7, 11) is 1.69. The van der Waals surface area contributed by atoms with Crippen molar-refractivity contribution in [3.63, 3.8) is 0 Å². The second kappa shape index (κ2) is 4.92. The molecule has 1 heterocycles. The van der Waals surface area contributed by atoms with E-state index in [1.165, 1.54) is 0 Å². The molecule has 0 aromatic carbocycles. The zero-order chi connectivity index (χ0) is 10.6. The smallest absolute Gasteiger partial charge is 0.322 e. The van der Waals surface area contributed by atoms with Crippen molar-refractivity contribution in [3.8, 4) is 0 Å². The molecule has 0 aromatic rings. The number of rotatable bonds is 3. The van der Waals surface area contributed by atoms with Crippen LogP contribution in [0.15, 0.2) is 0 Å². The first-order chi connectivity index (χ1) is 6.65. The summed E-state index contributed by atoms with van der Waals surface area (Å²) in [5.41, 5.74) is 0. The minimum Gasteiger partial charge on any atom is -0.480 e. The molecule has 3 N–H and O–H groups in total. The van der Waals surface area contributed by atoms with Gasteiger partial charge in [0.1, 0.15) is 6.04 Å². The number of piperazine rings is 1. The van der Waals surface area contributed by atoms with E-state index in [0.717, 1.165) is 0 Å². The number of amides is 1. The van der Waals surface area contributed by atoms with Crippen LogP contribution < -0.4 is 10.6 Å². The topological polar surface area (TPSA) is 81.7 Å². The van der Waals surface area contributed by atoms with Gasteiger partial charge in [-0.2, -0.15) is 0 Å². The van der Waals surface area contributed by atoms with Crippen molar-refractivity contribution >= 4 is 11.9 Å². The third kappa shape index (κ3) is 2.68. The Morgan fingerprint density at radius 1 is 1.64 bits per heavy atom. The van der Waals surface area contributed by atoms with Crippen LogP contribution in [0.25, 0.3) is 0 Å². The lowest BCUT2D eigenvalue weighted by Crippen LogP contribution is -2.56. The average Bonchev–Trinajstić information content (AvgIpc) is 2.18. The number of hydrogen-bond acceptors (Lipinski definition) is 4. The van der Waals surface area contributed by atoms with Gasteiger partial charge in [-0.15, -0.1) is 0 Å². The summed E-state index contributed by atoms with van der Waals surface area (Å²) in [4.78, 5) is 23.6. The summed E-state index contributed by atoms with van der Waals surface area (Å²) in [6, 6.07) is -0.635. The second-order valence-corrected chi connectivity index (χ2v) is 3.22. The van der Waals surface area contributed by atoms with Crippen LogP contribution in [0.2, 0.25) is 0 Å². The SMILES string of the molecule is CNCC(=O)N1CCN[C@H](C(=O)O)C1. The Morgan fingerprint density at radius 3 is 2.93 bits per heavy atom. The molecule has 0 bridgehead atoms. The largest absolute Gasteiger partial charge is 0.480 e. The predicted molar refractivity (Wildman–Crippen MR) is 49.9 cm³/mol. The van der Waals surface area contributed by atoms with Gasteiger partial charge in [0.15, 0.2) is 0 Å². The molecule has 1 fully saturated rings. The number of nitrogens with one attached hydrogen (secondary N) is 2. The third-order valence-corrected chi connectivity index (χ3v) is 2.15. The van der Waals surface area contributed by atoms with Crippen molar-refractivity contribution in [2.75, 3.05) is 33.2 Å². The molecule has 14 heavy (non-hydrogen) atoms. The van der Waals surface area contributed by atoms with Crippen LogP contribution >= 0.6 is 0 Å². The van der Waals surface area contributed by atoms with Gasteiger partial charge in [0, 0.05) is 19.6 Å². The summed E-state index contributed by atoms with van der Waals surface area (Å²) in [6.07, 6.45) is 0. The van der Waals surface area contributed by atoms with E-state index in [4.69, 9.17) is 5.11 Å². The van der Waals surface area contributed by atoms with Gasteiger partial charge in [0.05, 0.1) is 6.54 Å². The van der Waals surface area contributed by atoms with E-state index >= 15 is 0 Å². The Morgan fingerprint density at radius 2 is 2.36 bits per heavy atom. The van der Waals surface area contributed by atoms with E-state index in [2.05, 4.69) is 10.6 Å². The van der Waals surface area contributed by atoms with Crippen molar-refractivity contribution < 1.29 is 14.7 Å². The van der Waals surface area contributed by atoms with E-state index in [9.17, 15) is 9.59 Å². The fourth-order valence-electron chi connectivity index (χ4n) is 1.40. The normalized spacial score (nSPS) is 22.1. The first kappa shape index (κ1) is 10.9. The average molecular weight is 201 g/mol. The lowest BCUT2D eigenvalue weighted by Gasteiger charge is -2.31. The molecule has 80 valence electrons. The number of likely N-dealkylation sites (N-methyl/N-ethyl adjacent to an activating group) is 1. The number of carboxylic acid groups (broad SMARTS) is 1. The maximum absolute atomic E-state index is 11.4. The molecule has 1 saturated heterocycles. The van der Waals surface area contributed by atoms with Gasteiger partial charge in [-0.05, 0) is 7.05 Å². The molecule has 1 aliphatic rings. The van der Waals surface area contributed by atoms with Crippen LogP contribution in [0.5, 0.6) is 0 Å². The van der Waals surface area contributed by atoms with Gasteiger partial charge in [-0.3, -0.25) is 9.59 Å². The molecule has 0 unspecified atom stereocenters. The standard InChI is InChI=1S/C8H15N3O3/c1-9-4-7(12)11-3-2-10-6(5-11)8(13)14/h6,9-10H,2-5H2,1H3,(H,13,14)/t6-/m0/s1. The van der Waals surface area contributed by atoms with E-state index in [-0.39, 0.29) is 19.0 Å². The first-order valence-electron chi connectivity index (χ1n) is 4.53. The third-order valence-electron chi connectivity index (χ3n) is 2.15. The molecule has 0 aliphatic carbocycles. The number of carbonyl (C=O) groups is 2. The van der Waals surface area contributed by atoms with Crippen molar-refractivity contribution in [1.82, 2.24) is 15.5 Å². The summed E-state index contributed by atoms with van der Waals surface area (Å²) in [5, 5.41) is 14.3. The van der Waals surface area contributed by atoms with Crippen molar-refractivity contribution in [2.24, 2.45) is 0 Å².